The molecule has 3 aromatic rings. The number of nitro groups is 1. The van der Waals surface area contributed by atoms with Gasteiger partial charge in [0.2, 0.25) is 11.7 Å². The minimum Gasteiger partial charge on any atom is -0.337 e. The molecular formula is C18H17N5O3. The van der Waals surface area contributed by atoms with Crippen LogP contribution in [0, 0.1) is 10.1 Å². The summed E-state index contributed by atoms with van der Waals surface area (Å²) in [5.74, 6) is 1.09. The molecule has 0 saturated heterocycles. The Hall–Kier alpha value is -3.13. The lowest BCUT2D eigenvalue weighted by molar-refractivity contribution is -0.385. The lowest BCUT2D eigenvalue weighted by Gasteiger charge is -2.31. The molecule has 8 heteroatoms. The predicted molar refractivity (Wildman–Crippen MR) is 93.2 cm³/mol. The van der Waals surface area contributed by atoms with Crippen molar-refractivity contribution in [2.45, 2.75) is 25.9 Å². The Morgan fingerprint density at radius 3 is 2.88 bits per heavy atom. The normalized spacial score (nSPS) is 15.4. The molecule has 0 bridgehead atoms. The zero-order valence-corrected chi connectivity index (χ0v) is 14.2. The van der Waals surface area contributed by atoms with Crippen LogP contribution in [0.25, 0.3) is 11.4 Å². The van der Waals surface area contributed by atoms with Crippen LogP contribution in [0.1, 0.15) is 30.1 Å². The summed E-state index contributed by atoms with van der Waals surface area (Å²) < 4.78 is 5.46. The molecule has 0 radical (unpaired) electrons. The monoisotopic (exact) mass is 351 g/mol. The lowest BCUT2D eigenvalue weighted by Crippen LogP contribution is -2.33. The van der Waals surface area contributed by atoms with Crippen molar-refractivity contribution >= 4 is 5.69 Å². The zero-order valence-electron chi connectivity index (χ0n) is 14.2. The number of benzene rings is 1. The van der Waals surface area contributed by atoms with E-state index in [9.17, 15) is 10.1 Å². The molecule has 3 heterocycles. The van der Waals surface area contributed by atoms with E-state index >= 15 is 0 Å². The highest BCUT2D eigenvalue weighted by atomic mass is 16.6. The van der Waals surface area contributed by atoms with E-state index in [1.807, 2.05) is 37.3 Å². The van der Waals surface area contributed by atoms with Crippen LogP contribution in [0.4, 0.5) is 5.69 Å². The first kappa shape index (κ1) is 16.3. The average molecular weight is 351 g/mol. The smallest absolute Gasteiger partial charge is 0.287 e. The van der Waals surface area contributed by atoms with Gasteiger partial charge in [0.1, 0.15) is 6.20 Å². The van der Waals surface area contributed by atoms with Crippen molar-refractivity contribution in [1.29, 1.82) is 0 Å². The Labute approximate surface area is 149 Å². The molecule has 0 N–H and O–H groups in total. The fourth-order valence-electron chi connectivity index (χ4n) is 3.13. The lowest BCUT2D eigenvalue weighted by atomic mass is 10.0. The maximum absolute atomic E-state index is 11.0. The second kappa shape index (κ2) is 6.64. The highest BCUT2D eigenvalue weighted by Gasteiger charge is 2.27. The standard InChI is InChI=1S/C18H17N5O3/c1-12(18-20-17(21-26-18)13-5-3-2-4-6-13)22-8-7-16-14(11-22)9-15(10-19-16)23(24)25/h2-6,9-10,12H,7-8,11H2,1H3. The Morgan fingerprint density at radius 2 is 2.12 bits per heavy atom. The second-order valence-corrected chi connectivity index (χ2v) is 6.28. The Bertz CT molecular complexity index is 941. The van der Waals surface area contributed by atoms with Crippen LogP contribution in [0.2, 0.25) is 0 Å². The Morgan fingerprint density at radius 1 is 1.31 bits per heavy atom. The van der Waals surface area contributed by atoms with Crippen LogP contribution in [-0.2, 0) is 13.0 Å². The van der Waals surface area contributed by atoms with Gasteiger partial charge < -0.3 is 4.52 Å². The molecule has 26 heavy (non-hydrogen) atoms. The summed E-state index contributed by atoms with van der Waals surface area (Å²) in [5, 5.41) is 15.0. The molecule has 4 rings (SSSR count). The third-order valence-corrected chi connectivity index (χ3v) is 4.64. The van der Waals surface area contributed by atoms with Gasteiger partial charge >= 0.3 is 0 Å². The van der Waals surface area contributed by atoms with Gasteiger partial charge in [-0.25, -0.2) is 0 Å². The number of fused-ring (bicyclic) bond motifs is 1. The summed E-state index contributed by atoms with van der Waals surface area (Å²) in [6.45, 7) is 3.34. The van der Waals surface area contributed by atoms with Crippen molar-refractivity contribution in [3.63, 3.8) is 0 Å². The molecule has 132 valence electrons. The molecule has 8 nitrogen and oxygen atoms in total. The molecule has 1 aliphatic heterocycles. The van der Waals surface area contributed by atoms with E-state index in [0.29, 0.717) is 18.3 Å². The molecule has 1 unspecified atom stereocenters. The molecule has 2 aromatic heterocycles. The van der Waals surface area contributed by atoms with Gasteiger partial charge in [0.05, 0.1) is 11.0 Å². The topological polar surface area (TPSA) is 98.2 Å². The number of nitrogens with zero attached hydrogens (tertiary/aromatic N) is 5. The third kappa shape index (κ3) is 3.06. The molecule has 1 aliphatic rings. The Balaban J connectivity index is 1.54. The molecule has 0 spiro atoms. The maximum atomic E-state index is 11.0. The molecule has 1 atom stereocenters. The molecule has 1 aromatic carbocycles. The van der Waals surface area contributed by atoms with Gasteiger partial charge in [0, 0.05) is 36.8 Å². The van der Waals surface area contributed by atoms with E-state index in [1.165, 1.54) is 6.20 Å². The average Bonchev–Trinajstić information content (AvgIpc) is 3.17. The SMILES string of the molecule is CC(c1nc(-c2ccccc2)no1)N1CCc2ncc([N+](=O)[O-])cc2C1. The van der Waals surface area contributed by atoms with Crippen molar-refractivity contribution in [2.24, 2.45) is 0 Å². The van der Waals surface area contributed by atoms with Gasteiger partial charge in [-0.05, 0) is 12.5 Å². The summed E-state index contributed by atoms with van der Waals surface area (Å²) in [7, 11) is 0. The Kier molecular flexibility index (Phi) is 4.18. The van der Waals surface area contributed by atoms with Gasteiger partial charge in [0.15, 0.2) is 0 Å². The molecule has 0 saturated carbocycles. The number of hydrogen-bond donors (Lipinski definition) is 0. The summed E-state index contributed by atoms with van der Waals surface area (Å²) in [6, 6.07) is 11.2. The van der Waals surface area contributed by atoms with Crippen molar-refractivity contribution in [1.82, 2.24) is 20.0 Å². The largest absolute Gasteiger partial charge is 0.337 e. The van der Waals surface area contributed by atoms with Crippen molar-refractivity contribution in [2.75, 3.05) is 6.54 Å². The molecule has 0 fully saturated rings. The summed E-state index contributed by atoms with van der Waals surface area (Å²) in [6.07, 6.45) is 2.05. The van der Waals surface area contributed by atoms with E-state index in [2.05, 4.69) is 20.0 Å². The van der Waals surface area contributed by atoms with Gasteiger partial charge in [-0.15, -0.1) is 0 Å². The molecular weight excluding hydrogens is 334 g/mol. The van der Waals surface area contributed by atoms with Gasteiger partial charge in [-0.1, -0.05) is 35.5 Å². The predicted octanol–water partition coefficient (Wildman–Crippen LogP) is 3.16. The zero-order chi connectivity index (χ0) is 18.1. The van der Waals surface area contributed by atoms with E-state index in [1.54, 1.807) is 6.07 Å². The number of aromatic nitrogens is 3. The summed E-state index contributed by atoms with van der Waals surface area (Å²) in [4.78, 5) is 21.5. The van der Waals surface area contributed by atoms with Gasteiger partial charge in [-0.3, -0.25) is 20.0 Å². The summed E-state index contributed by atoms with van der Waals surface area (Å²) in [5.41, 5.74) is 2.70. The number of hydrogen-bond acceptors (Lipinski definition) is 7. The first-order chi connectivity index (χ1) is 12.6. The molecule has 0 amide bonds. The van der Waals surface area contributed by atoms with Gasteiger partial charge in [-0.2, -0.15) is 4.98 Å². The molecule has 0 aliphatic carbocycles. The fraction of sp³-hybridized carbons (Fsp3) is 0.278. The van der Waals surface area contributed by atoms with Crippen molar-refractivity contribution in [3.05, 3.63) is 69.9 Å². The minimum absolute atomic E-state index is 0.0161. The number of pyridine rings is 1. The minimum atomic E-state index is -0.417. The van der Waals surface area contributed by atoms with Crippen LogP contribution in [-0.4, -0.2) is 31.5 Å². The van der Waals surface area contributed by atoms with Crippen molar-refractivity contribution < 1.29 is 9.45 Å². The maximum Gasteiger partial charge on any atom is 0.287 e. The quantitative estimate of drug-likeness (QED) is 0.526. The van der Waals surface area contributed by atoms with Crippen LogP contribution in [0.15, 0.2) is 47.1 Å². The van der Waals surface area contributed by atoms with E-state index in [-0.39, 0.29) is 11.7 Å². The van der Waals surface area contributed by atoms with Crippen LogP contribution >= 0.6 is 0 Å². The number of rotatable bonds is 4. The third-order valence-electron chi connectivity index (χ3n) is 4.64. The first-order valence-electron chi connectivity index (χ1n) is 8.37. The van der Waals surface area contributed by atoms with E-state index in [4.69, 9.17) is 4.52 Å². The van der Waals surface area contributed by atoms with Crippen LogP contribution in [0.3, 0.4) is 0 Å². The van der Waals surface area contributed by atoms with Crippen LogP contribution < -0.4 is 0 Å². The van der Waals surface area contributed by atoms with E-state index in [0.717, 1.165) is 29.8 Å². The first-order valence-corrected chi connectivity index (χ1v) is 8.37. The second-order valence-electron chi connectivity index (χ2n) is 6.28. The highest BCUT2D eigenvalue weighted by Crippen LogP contribution is 2.28. The van der Waals surface area contributed by atoms with Crippen LogP contribution in [0.5, 0.6) is 0 Å². The fourth-order valence-corrected chi connectivity index (χ4v) is 3.13. The summed E-state index contributed by atoms with van der Waals surface area (Å²) >= 11 is 0. The highest BCUT2D eigenvalue weighted by molar-refractivity contribution is 5.53. The van der Waals surface area contributed by atoms with Gasteiger partial charge in [0.25, 0.3) is 5.69 Å². The van der Waals surface area contributed by atoms with Crippen molar-refractivity contribution in [3.8, 4) is 11.4 Å². The van der Waals surface area contributed by atoms with E-state index < -0.39 is 4.92 Å².